The van der Waals surface area contributed by atoms with Crippen molar-refractivity contribution < 1.29 is 19.4 Å². The van der Waals surface area contributed by atoms with Gasteiger partial charge in [0.25, 0.3) is 0 Å². The van der Waals surface area contributed by atoms with Gasteiger partial charge < -0.3 is 25.6 Å². The fourth-order valence-electron chi connectivity index (χ4n) is 1.89. The Morgan fingerprint density at radius 3 is 2.86 bits per heavy atom. The second-order valence-electron chi connectivity index (χ2n) is 4.64. The van der Waals surface area contributed by atoms with Gasteiger partial charge in [0.2, 0.25) is 5.91 Å². The Kier molecular flexibility index (Phi) is 7.74. The molecular weight excluding hydrogens is 272 g/mol. The van der Waals surface area contributed by atoms with Crippen LogP contribution in [-0.4, -0.2) is 37.4 Å². The molecule has 0 fully saturated rings. The van der Waals surface area contributed by atoms with Gasteiger partial charge in [0.15, 0.2) is 0 Å². The van der Waals surface area contributed by atoms with Crippen molar-refractivity contribution in [2.24, 2.45) is 5.73 Å². The minimum atomic E-state index is -0.579. The molecule has 0 heterocycles. The number of amides is 1. The lowest BCUT2D eigenvalue weighted by Crippen LogP contribution is -2.35. The van der Waals surface area contributed by atoms with Crippen molar-refractivity contribution >= 4 is 11.6 Å². The molecule has 0 saturated heterocycles. The SMILES string of the molecule is CCOc1ccc(NC(=O)C(N)CCCOC)cc1CO. The minimum Gasteiger partial charge on any atom is -0.494 e. The third-order valence-corrected chi connectivity index (χ3v) is 3.00. The molecule has 1 unspecified atom stereocenters. The van der Waals surface area contributed by atoms with Gasteiger partial charge >= 0.3 is 0 Å². The van der Waals surface area contributed by atoms with Crippen LogP contribution in [-0.2, 0) is 16.1 Å². The Morgan fingerprint density at radius 1 is 1.48 bits per heavy atom. The van der Waals surface area contributed by atoms with Crippen LogP contribution in [0.5, 0.6) is 5.75 Å². The molecule has 0 saturated carbocycles. The summed E-state index contributed by atoms with van der Waals surface area (Å²) in [6.45, 7) is 2.82. The topological polar surface area (TPSA) is 93.8 Å². The van der Waals surface area contributed by atoms with Crippen LogP contribution in [0.1, 0.15) is 25.3 Å². The Morgan fingerprint density at radius 2 is 2.24 bits per heavy atom. The lowest BCUT2D eigenvalue weighted by atomic mass is 10.1. The zero-order valence-corrected chi connectivity index (χ0v) is 12.6. The fraction of sp³-hybridized carbons (Fsp3) is 0.533. The molecule has 6 heteroatoms. The van der Waals surface area contributed by atoms with Crippen molar-refractivity contribution in [1.29, 1.82) is 0 Å². The molecular formula is C15H24N2O4. The van der Waals surface area contributed by atoms with E-state index in [1.807, 2.05) is 6.92 Å². The van der Waals surface area contributed by atoms with Crippen molar-refractivity contribution in [3.8, 4) is 5.75 Å². The van der Waals surface area contributed by atoms with Gasteiger partial charge in [-0.1, -0.05) is 0 Å². The summed E-state index contributed by atoms with van der Waals surface area (Å²) in [6.07, 6.45) is 1.29. The van der Waals surface area contributed by atoms with Gasteiger partial charge in [-0.3, -0.25) is 4.79 Å². The van der Waals surface area contributed by atoms with Crippen molar-refractivity contribution in [3.63, 3.8) is 0 Å². The second kappa shape index (κ2) is 9.33. The molecule has 0 aromatic heterocycles. The Hall–Kier alpha value is -1.63. The van der Waals surface area contributed by atoms with Crippen LogP contribution in [0, 0.1) is 0 Å². The number of ether oxygens (including phenoxy) is 2. The number of carbonyl (C=O) groups is 1. The number of hydrogen-bond donors (Lipinski definition) is 3. The maximum absolute atomic E-state index is 11.9. The van der Waals surface area contributed by atoms with Crippen LogP contribution in [0.25, 0.3) is 0 Å². The highest BCUT2D eigenvalue weighted by Crippen LogP contribution is 2.23. The molecule has 1 aromatic rings. The quantitative estimate of drug-likeness (QED) is 0.597. The Bertz CT molecular complexity index is 451. The molecule has 21 heavy (non-hydrogen) atoms. The molecule has 0 aliphatic heterocycles. The minimum absolute atomic E-state index is 0.154. The maximum atomic E-state index is 11.9. The highest BCUT2D eigenvalue weighted by molar-refractivity contribution is 5.94. The first kappa shape index (κ1) is 17.4. The normalized spacial score (nSPS) is 12.0. The molecule has 4 N–H and O–H groups in total. The number of nitrogens with two attached hydrogens (primary N) is 1. The maximum Gasteiger partial charge on any atom is 0.241 e. The standard InChI is InChI=1S/C15H24N2O4/c1-3-21-14-7-6-12(9-11(14)10-18)17-15(19)13(16)5-4-8-20-2/h6-7,9,13,18H,3-5,8,10,16H2,1-2H3,(H,17,19). The van der Waals surface area contributed by atoms with E-state index < -0.39 is 6.04 Å². The Labute approximate surface area is 125 Å². The molecule has 118 valence electrons. The van der Waals surface area contributed by atoms with Gasteiger partial charge in [-0.05, 0) is 38.0 Å². The predicted octanol–water partition coefficient (Wildman–Crippen LogP) is 1.27. The first-order chi connectivity index (χ1) is 10.1. The number of aliphatic hydroxyl groups excluding tert-OH is 1. The molecule has 0 aliphatic carbocycles. The summed E-state index contributed by atoms with van der Waals surface area (Å²) in [5, 5.41) is 12.1. The molecule has 0 bridgehead atoms. The number of aliphatic hydroxyl groups is 1. The van der Waals surface area contributed by atoms with Crippen LogP contribution >= 0.6 is 0 Å². The number of benzene rings is 1. The summed E-state index contributed by atoms with van der Waals surface area (Å²) in [4.78, 5) is 11.9. The van der Waals surface area contributed by atoms with Crippen LogP contribution in [0.2, 0.25) is 0 Å². The average molecular weight is 296 g/mol. The van der Waals surface area contributed by atoms with E-state index in [1.54, 1.807) is 25.3 Å². The lowest BCUT2D eigenvalue weighted by Gasteiger charge is -2.14. The largest absolute Gasteiger partial charge is 0.494 e. The summed E-state index contributed by atoms with van der Waals surface area (Å²) in [6, 6.07) is 4.56. The first-order valence-corrected chi connectivity index (χ1v) is 7.04. The van der Waals surface area contributed by atoms with E-state index in [0.717, 1.165) is 6.42 Å². The zero-order valence-electron chi connectivity index (χ0n) is 12.6. The average Bonchev–Trinajstić information content (AvgIpc) is 2.49. The van der Waals surface area contributed by atoms with E-state index in [-0.39, 0.29) is 12.5 Å². The smallest absolute Gasteiger partial charge is 0.241 e. The third-order valence-electron chi connectivity index (χ3n) is 3.00. The lowest BCUT2D eigenvalue weighted by molar-refractivity contribution is -0.117. The third kappa shape index (κ3) is 5.71. The number of nitrogens with one attached hydrogen (secondary N) is 1. The first-order valence-electron chi connectivity index (χ1n) is 7.04. The van der Waals surface area contributed by atoms with E-state index in [9.17, 15) is 9.90 Å². The number of carbonyl (C=O) groups excluding carboxylic acids is 1. The van der Waals surface area contributed by atoms with Crippen LogP contribution < -0.4 is 15.8 Å². The Balaban J connectivity index is 2.63. The van der Waals surface area contributed by atoms with Gasteiger partial charge in [0.1, 0.15) is 5.75 Å². The summed E-state index contributed by atoms with van der Waals surface area (Å²) in [5.74, 6) is 0.363. The molecule has 1 atom stereocenters. The van der Waals surface area contributed by atoms with Crippen LogP contribution in [0.3, 0.4) is 0 Å². The number of methoxy groups -OCH3 is 1. The van der Waals surface area contributed by atoms with E-state index in [2.05, 4.69) is 5.32 Å². The molecule has 0 aliphatic rings. The zero-order chi connectivity index (χ0) is 15.7. The monoisotopic (exact) mass is 296 g/mol. The number of hydrogen-bond acceptors (Lipinski definition) is 5. The molecule has 1 rings (SSSR count). The summed E-state index contributed by atoms with van der Waals surface area (Å²) >= 11 is 0. The van der Waals surface area contributed by atoms with E-state index in [1.165, 1.54) is 0 Å². The highest BCUT2D eigenvalue weighted by atomic mass is 16.5. The summed E-state index contributed by atoms with van der Waals surface area (Å²) in [7, 11) is 1.61. The van der Waals surface area contributed by atoms with Gasteiger partial charge in [-0.15, -0.1) is 0 Å². The van der Waals surface area contributed by atoms with Gasteiger partial charge in [0, 0.05) is 25.0 Å². The van der Waals surface area contributed by atoms with Crippen molar-refractivity contribution in [2.45, 2.75) is 32.4 Å². The van der Waals surface area contributed by atoms with Crippen LogP contribution in [0.15, 0.2) is 18.2 Å². The fourth-order valence-corrected chi connectivity index (χ4v) is 1.89. The summed E-state index contributed by atoms with van der Waals surface area (Å²) < 4.78 is 10.3. The second-order valence-corrected chi connectivity index (χ2v) is 4.64. The van der Waals surface area contributed by atoms with Crippen LogP contribution in [0.4, 0.5) is 5.69 Å². The van der Waals surface area contributed by atoms with Gasteiger partial charge in [-0.25, -0.2) is 0 Å². The predicted molar refractivity (Wildman–Crippen MR) is 81.2 cm³/mol. The summed E-state index contributed by atoms with van der Waals surface area (Å²) in [5.41, 5.74) is 7.03. The van der Waals surface area contributed by atoms with Gasteiger partial charge in [0.05, 0.1) is 19.3 Å². The van der Waals surface area contributed by atoms with Crippen molar-refractivity contribution in [2.75, 3.05) is 25.6 Å². The molecule has 0 radical (unpaired) electrons. The van der Waals surface area contributed by atoms with E-state index >= 15 is 0 Å². The van der Waals surface area contributed by atoms with E-state index in [0.29, 0.717) is 36.6 Å². The highest BCUT2D eigenvalue weighted by Gasteiger charge is 2.14. The van der Waals surface area contributed by atoms with E-state index in [4.69, 9.17) is 15.2 Å². The van der Waals surface area contributed by atoms with Crippen molar-refractivity contribution in [3.05, 3.63) is 23.8 Å². The number of rotatable bonds is 9. The molecule has 0 spiro atoms. The number of anilines is 1. The molecule has 6 nitrogen and oxygen atoms in total. The van der Waals surface area contributed by atoms with Crippen molar-refractivity contribution in [1.82, 2.24) is 0 Å². The van der Waals surface area contributed by atoms with Gasteiger partial charge in [-0.2, -0.15) is 0 Å². The molecule has 1 aromatic carbocycles. The molecule has 1 amide bonds.